The molecule has 2 aromatic rings. The van der Waals surface area contributed by atoms with Crippen LogP contribution in [0.1, 0.15) is 11.4 Å². The molecule has 0 aliphatic carbocycles. The van der Waals surface area contributed by atoms with Gasteiger partial charge in [0.25, 0.3) is 0 Å². The second-order valence-corrected chi connectivity index (χ2v) is 3.26. The first-order chi connectivity index (χ1) is 8.00. The molecule has 0 aliphatic rings. The van der Waals surface area contributed by atoms with E-state index >= 15 is 0 Å². The van der Waals surface area contributed by atoms with Gasteiger partial charge < -0.3 is 0 Å². The predicted octanol–water partition coefficient (Wildman–Crippen LogP) is 2.76. The van der Waals surface area contributed by atoms with Crippen molar-refractivity contribution >= 4 is 0 Å². The van der Waals surface area contributed by atoms with Crippen LogP contribution in [0, 0.1) is 0 Å². The van der Waals surface area contributed by atoms with E-state index in [9.17, 15) is 17.6 Å². The normalized spacial score (nSPS) is 11.8. The lowest BCUT2D eigenvalue weighted by atomic mass is 10.3. The van der Waals surface area contributed by atoms with Crippen LogP contribution in [-0.4, -0.2) is 14.8 Å². The summed E-state index contributed by atoms with van der Waals surface area (Å²) >= 11 is 0. The van der Waals surface area contributed by atoms with Crippen molar-refractivity contribution < 1.29 is 17.6 Å². The Balaban J connectivity index is 2.37. The van der Waals surface area contributed by atoms with Gasteiger partial charge in [-0.05, 0) is 18.2 Å². The van der Waals surface area contributed by atoms with E-state index in [1.54, 1.807) is 0 Å². The summed E-state index contributed by atoms with van der Waals surface area (Å²) < 4.78 is 50.2. The Morgan fingerprint density at radius 2 is 1.94 bits per heavy atom. The summed E-state index contributed by atoms with van der Waals surface area (Å²) in [7, 11) is 0. The van der Waals surface area contributed by atoms with Crippen molar-refractivity contribution in [3.05, 3.63) is 41.9 Å². The average Bonchev–Trinajstić information content (AvgIpc) is 2.78. The quantitative estimate of drug-likeness (QED) is 0.761. The van der Waals surface area contributed by atoms with Crippen LogP contribution in [0.2, 0.25) is 0 Å². The third-order valence-electron chi connectivity index (χ3n) is 2.04. The molecular weight excluding hydrogens is 238 g/mol. The van der Waals surface area contributed by atoms with Gasteiger partial charge in [0, 0.05) is 6.20 Å². The lowest BCUT2D eigenvalue weighted by molar-refractivity contribution is -0.141. The maximum Gasteiger partial charge on any atom is 0.435 e. The largest absolute Gasteiger partial charge is 0.435 e. The zero-order chi connectivity index (χ0) is 12.5. The van der Waals surface area contributed by atoms with Gasteiger partial charge in [0.15, 0.2) is 11.5 Å². The minimum absolute atomic E-state index is 0.145. The van der Waals surface area contributed by atoms with Gasteiger partial charge in [0.2, 0.25) is 0 Å². The topological polar surface area (TPSA) is 30.7 Å². The van der Waals surface area contributed by atoms with Crippen molar-refractivity contribution in [1.29, 1.82) is 0 Å². The van der Waals surface area contributed by atoms with Crippen LogP contribution in [0.3, 0.4) is 0 Å². The SMILES string of the molecule is FCc1cccc(-n2ccc(C(F)(F)F)n2)n1. The second-order valence-electron chi connectivity index (χ2n) is 3.26. The first-order valence-corrected chi connectivity index (χ1v) is 4.66. The van der Waals surface area contributed by atoms with Crippen LogP contribution >= 0.6 is 0 Å². The third-order valence-corrected chi connectivity index (χ3v) is 2.04. The minimum atomic E-state index is -4.50. The van der Waals surface area contributed by atoms with Gasteiger partial charge in [-0.1, -0.05) is 6.07 Å². The Bertz CT molecular complexity index is 518. The molecule has 0 saturated heterocycles. The van der Waals surface area contributed by atoms with Gasteiger partial charge in [-0.15, -0.1) is 0 Å². The maximum absolute atomic E-state index is 12.3. The summed E-state index contributed by atoms with van der Waals surface area (Å²) in [5, 5.41) is 3.33. The summed E-state index contributed by atoms with van der Waals surface area (Å²) in [5.41, 5.74) is -0.864. The van der Waals surface area contributed by atoms with Crippen molar-refractivity contribution in [3.63, 3.8) is 0 Å². The minimum Gasteiger partial charge on any atom is -0.244 e. The van der Waals surface area contributed by atoms with Gasteiger partial charge in [0.05, 0.1) is 5.69 Å². The third kappa shape index (κ3) is 2.43. The van der Waals surface area contributed by atoms with Gasteiger partial charge in [-0.3, -0.25) is 0 Å². The summed E-state index contributed by atoms with van der Waals surface area (Å²) in [4.78, 5) is 3.81. The maximum atomic E-state index is 12.3. The van der Waals surface area contributed by atoms with Crippen LogP contribution in [0.5, 0.6) is 0 Å². The number of hydrogen-bond acceptors (Lipinski definition) is 2. The Kier molecular flexibility index (Phi) is 2.83. The number of rotatable bonds is 2. The number of nitrogens with zero attached hydrogens (tertiary/aromatic N) is 3. The van der Waals surface area contributed by atoms with E-state index in [0.29, 0.717) is 0 Å². The number of pyridine rings is 1. The van der Waals surface area contributed by atoms with E-state index in [2.05, 4.69) is 10.1 Å². The standard InChI is InChI=1S/C10H7F4N3/c11-6-7-2-1-3-9(15-7)17-5-4-8(16-17)10(12,13)14/h1-5H,6H2. The first kappa shape index (κ1) is 11.6. The van der Waals surface area contributed by atoms with Crippen molar-refractivity contribution in [2.75, 3.05) is 0 Å². The highest BCUT2D eigenvalue weighted by molar-refractivity contribution is 5.24. The Morgan fingerprint density at radius 3 is 2.53 bits per heavy atom. The summed E-state index contributed by atoms with van der Waals surface area (Å²) in [5.74, 6) is 0.149. The molecule has 2 aromatic heterocycles. The van der Waals surface area contributed by atoms with Crippen molar-refractivity contribution in [3.8, 4) is 5.82 Å². The molecule has 2 rings (SSSR count). The number of hydrogen-bond donors (Lipinski definition) is 0. The van der Waals surface area contributed by atoms with E-state index < -0.39 is 18.5 Å². The van der Waals surface area contributed by atoms with Gasteiger partial charge in [0.1, 0.15) is 6.67 Å². The zero-order valence-corrected chi connectivity index (χ0v) is 8.45. The molecule has 17 heavy (non-hydrogen) atoms. The highest BCUT2D eigenvalue weighted by Gasteiger charge is 2.33. The molecule has 0 amide bonds. The molecule has 0 spiro atoms. The van der Waals surface area contributed by atoms with Crippen molar-refractivity contribution in [2.24, 2.45) is 0 Å². The van der Waals surface area contributed by atoms with E-state index in [1.807, 2.05) is 0 Å². The fourth-order valence-corrected chi connectivity index (χ4v) is 1.27. The van der Waals surface area contributed by atoms with Crippen LogP contribution < -0.4 is 0 Å². The molecule has 0 radical (unpaired) electrons. The molecule has 0 unspecified atom stereocenters. The lowest BCUT2D eigenvalue weighted by Crippen LogP contribution is -2.08. The monoisotopic (exact) mass is 245 g/mol. The van der Waals surface area contributed by atoms with Gasteiger partial charge in [-0.25, -0.2) is 14.1 Å². The lowest BCUT2D eigenvalue weighted by Gasteiger charge is -2.03. The Morgan fingerprint density at radius 1 is 1.18 bits per heavy atom. The van der Waals surface area contributed by atoms with Crippen molar-refractivity contribution in [1.82, 2.24) is 14.8 Å². The molecule has 0 bridgehead atoms. The molecule has 90 valence electrons. The van der Waals surface area contributed by atoms with E-state index in [4.69, 9.17) is 0 Å². The molecule has 0 N–H and O–H groups in total. The molecule has 0 fully saturated rings. The van der Waals surface area contributed by atoms with E-state index in [-0.39, 0.29) is 11.5 Å². The Labute approximate surface area is 93.7 Å². The summed E-state index contributed by atoms with van der Waals surface area (Å²) in [6, 6.07) is 5.24. The summed E-state index contributed by atoms with van der Waals surface area (Å²) in [6.45, 7) is -0.777. The van der Waals surface area contributed by atoms with Crippen LogP contribution in [0.25, 0.3) is 5.82 Å². The first-order valence-electron chi connectivity index (χ1n) is 4.66. The highest BCUT2D eigenvalue weighted by atomic mass is 19.4. The van der Waals surface area contributed by atoms with Crippen LogP contribution in [0.4, 0.5) is 17.6 Å². The number of aromatic nitrogens is 3. The average molecular weight is 245 g/mol. The van der Waals surface area contributed by atoms with Crippen molar-refractivity contribution in [2.45, 2.75) is 12.9 Å². The molecule has 0 atom stereocenters. The van der Waals surface area contributed by atoms with Gasteiger partial charge in [-0.2, -0.15) is 18.3 Å². The number of halogens is 4. The molecule has 3 nitrogen and oxygen atoms in total. The molecule has 7 heteroatoms. The summed E-state index contributed by atoms with van der Waals surface area (Å²) in [6.07, 6.45) is -3.36. The van der Waals surface area contributed by atoms with E-state index in [1.165, 1.54) is 18.2 Å². The predicted molar refractivity (Wildman–Crippen MR) is 51.2 cm³/mol. The second kappa shape index (κ2) is 4.15. The van der Waals surface area contributed by atoms with Crippen LogP contribution in [-0.2, 0) is 12.9 Å². The molecule has 2 heterocycles. The fourth-order valence-electron chi connectivity index (χ4n) is 1.27. The highest BCUT2D eigenvalue weighted by Crippen LogP contribution is 2.27. The smallest absolute Gasteiger partial charge is 0.244 e. The zero-order valence-electron chi connectivity index (χ0n) is 8.45. The molecule has 0 aromatic carbocycles. The molecule has 0 aliphatic heterocycles. The Hall–Kier alpha value is -1.92. The van der Waals surface area contributed by atoms with Crippen LogP contribution in [0.15, 0.2) is 30.5 Å². The molecule has 0 saturated carbocycles. The molecular formula is C10H7F4N3. The van der Waals surface area contributed by atoms with Gasteiger partial charge >= 0.3 is 6.18 Å². The van der Waals surface area contributed by atoms with E-state index in [0.717, 1.165) is 16.9 Å². The number of alkyl halides is 4. The fraction of sp³-hybridized carbons (Fsp3) is 0.200.